The fourth-order valence-electron chi connectivity index (χ4n) is 11.5. The van der Waals surface area contributed by atoms with Crippen LogP contribution in [0.15, 0.2) is 66.4 Å². The number of ketones is 1. The van der Waals surface area contributed by atoms with Crippen LogP contribution in [-0.4, -0.2) is 169 Å². The molecular formula is C64H83ClN8O17S. The van der Waals surface area contributed by atoms with Crippen LogP contribution in [0.5, 0.6) is 0 Å². The summed E-state index contributed by atoms with van der Waals surface area (Å²) in [5.74, 6) is -5.21. The number of nitrogens with zero attached hydrogens (tertiary/aromatic N) is 3. The number of nitrogens with one attached hydrogen (secondary N) is 4. The summed E-state index contributed by atoms with van der Waals surface area (Å²) in [5, 5.41) is 24.7. The number of carbonyl (C=O) groups excluding carboxylic acids is 9. The van der Waals surface area contributed by atoms with Crippen LogP contribution in [0.1, 0.15) is 109 Å². The third-order valence-corrected chi connectivity index (χ3v) is 17.5. The molecule has 494 valence electrons. The number of methoxy groups -OCH3 is 1. The number of urea groups is 1. The first-order valence-corrected chi connectivity index (χ1v) is 31.2. The van der Waals surface area contributed by atoms with Gasteiger partial charge in [-0.15, -0.1) is 5.06 Å². The highest BCUT2D eigenvalue weighted by Crippen LogP contribution is 2.50. The van der Waals surface area contributed by atoms with E-state index >= 15 is 0 Å². The van der Waals surface area contributed by atoms with Crippen LogP contribution in [0.3, 0.4) is 0 Å². The van der Waals surface area contributed by atoms with Crippen molar-refractivity contribution < 1.29 is 81.5 Å². The number of halogens is 1. The molecule has 4 aliphatic rings. The first-order valence-electron chi connectivity index (χ1n) is 30.4. The van der Waals surface area contributed by atoms with Gasteiger partial charge in [0.25, 0.3) is 11.8 Å². The molecule has 7 N–H and O–H groups in total. The number of amides is 7. The molecule has 0 aliphatic carbocycles. The maximum Gasteiger partial charge on any atom is 0.412 e. The zero-order valence-electron chi connectivity index (χ0n) is 52.6. The number of thiocarbonyl (C=S) groups is 1. The van der Waals surface area contributed by atoms with Gasteiger partial charge in [-0.25, -0.2) is 14.4 Å². The number of esters is 1. The summed E-state index contributed by atoms with van der Waals surface area (Å²) in [6, 6.07) is 8.59. The number of allylic oxidation sites excluding steroid dienone is 3. The van der Waals surface area contributed by atoms with Crippen molar-refractivity contribution in [3.8, 4) is 0 Å². The van der Waals surface area contributed by atoms with Crippen molar-refractivity contribution in [2.75, 3.05) is 63.9 Å². The number of hydrogen-bond donors (Lipinski definition) is 6. The Morgan fingerprint density at radius 3 is 2.41 bits per heavy atom. The number of aliphatic hydroxyl groups is 1. The SMILES string of the molecule is CO[C@@H]1/C=C/C=C(\C)Cc2cc(C)c(Cl)c(c2)N(C)C(=O)C[C@H](OC(=O)Nc2ccc(CC(=O)[C@H](CCCNC(N)=O)NC(=O)[C@@H](CC(=S)NCCOCCOCCC(=O)ON3C(=O)CCC3=O)C(C)C)c3ncccc23)[C@]2(C)O[C@H]2[C@H](C)[C@@H]2C[C@@]1(O)CC(=O)O2. The van der Waals surface area contributed by atoms with E-state index in [0.29, 0.717) is 50.2 Å². The Bertz CT molecular complexity index is 3280. The van der Waals surface area contributed by atoms with E-state index in [-0.39, 0.29) is 115 Å². The Morgan fingerprint density at radius 2 is 1.70 bits per heavy atom. The van der Waals surface area contributed by atoms with Crippen LogP contribution >= 0.6 is 23.8 Å². The quantitative estimate of drug-likeness (QED) is 0.0183. The predicted octanol–water partition coefficient (Wildman–Crippen LogP) is 6.13. The third-order valence-electron chi connectivity index (χ3n) is 16.7. The second-order valence-electron chi connectivity index (χ2n) is 24.0. The minimum Gasteiger partial charge on any atom is -0.462 e. The average molecular weight is 1300 g/mol. The molecule has 9 atom stereocenters. The fourth-order valence-corrected chi connectivity index (χ4v) is 12.0. The highest BCUT2D eigenvalue weighted by atomic mass is 35.5. The zero-order valence-corrected chi connectivity index (χ0v) is 54.2. The zero-order chi connectivity index (χ0) is 66.3. The third kappa shape index (κ3) is 19.1. The molecule has 7 amide bonds. The number of hydrogen-bond acceptors (Lipinski definition) is 19. The van der Waals surface area contributed by atoms with Crippen molar-refractivity contribution in [2.24, 2.45) is 23.5 Å². The molecule has 3 aromatic rings. The van der Waals surface area contributed by atoms with Gasteiger partial charge >= 0.3 is 24.1 Å². The van der Waals surface area contributed by atoms with Crippen LogP contribution < -0.4 is 31.9 Å². The molecule has 3 fully saturated rings. The van der Waals surface area contributed by atoms with E-state index in [1.165, 1.54) is 18.2 Å². The molecule has 7 rings (SSSR count). The van der Waals surface area contributed by atoms with Crippen LogP contribution in [0.2, 0.25) is 5.02 Å². The normalized spacial score (nSPS) is 24.3. The first kappa shape index (κ1) is 71.0. The highest BCUT2D eigenvalue weighted by molar-refractivity contribution is 7.80. The van der Waals surface area contributed by atoms with Gasteiger partial charge < -0.3 is 64.9 Å². The van der Waals surface area contributed by atoms with Crippen LogP contribution in [-0.2, 0) is 79.7 Å². The first-order chi connectivity index (χ1) is 43.2. The summed E-state index contributed by atoms with van der Waals surface area (Å²) in [5.41, 5.74) is 6.47. The van der Waals surface area contributed by atoms with Gasteiger partial charge in [-0.05, 0) is 86.9 Å². The van der Waals surface area contributed by atoms with Crippen molar-refractivity contribution in [3.05, 3.63) is 88.1 Å². The van der Waals surface area contributed by atoms with Crippen molar-refractivity contribution in [1.82, 2.24) is 26.0 Å². The topological polar surface area (TPSA) is 335 Å². The van der Waals surface area contributed by atoms with Gasteiger partial charge in [0, 0.05) is 82.8 Å². The minimum atomic E-state index is -1.64. The second kappa shape index (κ2) is 32.2. The molecule has 27 heteroatoms. The Hall–Kier alpha value is -7.46. The lowest BCUT2D eigenvalue weighted by Crippen LogP contribution is -2.53. The van der Waals surface area contributed by atoms with Gasteiger partial charge in [0.05, 0.1) is 84.7 Å². The second-order valence-corrected chi connectivity index (χ2v) is 24.9. The molecule has 91 heavy (non-hydrogen) atoms. The maximum absolute atomic E-state index is 14.5. The number of aromatic nitrogens is 1. The summed E-state index contributed by atoms with van der Waals surface area (Å²) in [6.45, 7) is 12.0. The number of anilines is 2. The number of Topliss-reactive ketones (excluding diaryl/α,β-unsaturated/α-hetero) is 1. The number of aryl methyl sites for hydroxylation is 1. The number of carbonyl (C=O) groups is 9. The van der Waals surface area contributed by atoms with Crippen molar-refractivity contribution >= 4 is 105 Å². The maximum atomic E-state index is 14.5. The number of pyridine rings is 1. The number of fused-ring (bicyclic) bond motifs is 6. The molecule has 2 aromatic carbocycles. The van der Waals surface area contributed by atoms with E-state index in [9.17, 15) is 48.3 Å². The monoisotopic (exact) mass is 1300 g/mol. The minimum absolute atomic E-state index is 0.00156. The summed E-state index contributed by atoms with van der Waals surface area (Å²) < 4.78 is 35.3. The number of primary amides is 1. The molecule has 0 unspecified atom stereocenters. The van der Waals surface area contributed by atoms with E-state index in [2.05, 4.69) is 26.3 Å². The van der Waals surface area contributed by atoms with Gasteiger partial charge in [0.15, 0.2) is 5.78 Å². The molecule has 5 heterocycles. The lowest BCUT2D eigenvalue weighted by Gasteiger charge is -2.41. The summed E-state index contributed by atoms with van der Waals surface area (Å²) in [4.78, 5) is 129. The standard InChI is InChI=1S/C64H83ClN8O17S/c1-36(2)43(32-51(91)67-23-25-86-27-26-85-24-20-55(78)90-73-52(75)18-19-53(73)76)60(80)70-45(14-11-22-69-61(66)81)47(74)31-41-16-17-44(42-13-10-21-68-58(41)42)71-62(82)88-50-33-54(77)72(7)46-30-40(29-38(4)57(46)65)28-37(3)12-9-15-49(84-8)64(83)34-48(87-56(79)35-64)39(5)59-63(50,6)89-59/h9-10,12-13,15-17,21,29-30,36,39,43,45,48-50,59,83H,11,14,18-20,22-28,31-35H2,1-8H3,(H,67,91)(H,70,80)(H,71,82)(H3,66,69,81)/b15-9+,37-12+/t39-,43+,45+,48+,49-,50+,59+,63+,64-/m1/s1. The molecule has 0 radical (unpaired) electrons. The van der Waals surface area contributed by atoms with E-state index in [0.717, 1.165) is 16.7 Å². The smallest absolute Gasteiger partial charge is 0.412 e. The molecule has 4 bridgehead atoms. The van der Waals surface area contributed by atoms with Gasteiger partial charge in [-0.1, -0.05) is 80.5 Å². The van der Waals surface area contributed by atoms with Crippen LogP contribution in [0.25, 0.3) is 10.9 Å². The number of ether oxygens (including phenoxy) is 6. The van der Waals surface area contributed by atoms with Gasteiger partial charge in [0.2, 0.25) is 11.8 Å². The number of imide groups is 1. The van der Waals surface area contributed by atoms with Crippen molar-refractivity contribution in [1.29, 1.82) is 0 Å². The molecular weight excluding hydrogens is 1220 g/mol. The number of epoxide rings is 1. The van der Waals surface area contributed by atoms with E-state index in [1.54, 1.807) is 57.3 Å². The van der Waals surface area contributed by atoms with Crippen LogP contribution in [0.4, 0.5) is 21.0 Å². The Labute approximate surface area is 539 Å². The lowest BCUT2D eigenvalue weighted by molar-refractivity contribution is -0.198. The largest absolute Gasteiger partial charge is 0.462 e. The predicted molar refractivity (Wildman–Crippen MR) is 338 cm³/mol. The van der Waals surface area contributed by atoms with Gasteiger partial charge in [-0.3, -0.25) is 39.1 Å². The van der Waals surface area contributed by atoms with Crippen LogP contribution in [0, 0.1) is 24.7 Å². The number of nitrogens with two attached hydrogens (primary N) is 1. The summed E-state index contributed by atoms with van der Waals surface area (Å²) >= 11 is 12.5. The van der Waals surface area contributed by atoms with Gasteiger partial charge in [0.1, 0.15) is 29.5 Å². The molecule has 0 spiro atoms. The highest BCUT2D eigenvalue weighted by Gasteiger charge is 2.64. The average Bonchev–Trinajstić information content (AvgIpc) is 1.59. The molecule has 0 saturated carbocycles. The molecule has 25 nitrogen and oxygen atoms in total. The Morgan fingerprint density at radius 1 is 0.978 bits per heavy atom. The summed E-state index contributed by atoms with van der Waals surface area (Å²) in [7, 11) is 3.05. The van der Waals surface area contributed by atoms with E-state index in [1.807, 2.05) is 45.9 Å². The molecule has 1 aromatic heterocycles. The van der Waals surface area contributed by atoms with E-state index in [4.69, 9.17) is 62.8 Å². The molecule has 4 aliphatic heterocycles. The lowest BCUT2D eigenvalue weighted by atomic mass is 9.78. The molecule has 3 saturated heterocycles. The Kier molecular flexibility index (Phi) is 25.1. The van der Waals surface area contributed by atoms with E-state index < -0.39 is 101 Å². The van der Waals surface area contributed by atoms with Crippen molar-refractivity contribution in [3.63, 3.8) is 0 Å². The van der Waals surface area contributed by atoms with Gasteiger partial charge in [-0.2, -0.15) is 0 Å². The summed E-state index contributed by atoms with van der Waals surface area (Å²) in [6.07, 6.45) is 2.25. The Balaban J connectivity index is 1.01. The van der Waals surface area contributed by atoms with Crippen molar-refractivity contribution in [2.45, 2.75) is 154 Å². The fraction of sp³-hybridized carbons (Fsp3) is 0.547. The number of rotatable bonds is 25. The number of hydroxylamine groups is 2. The number of benzene rings is 2.